The van der Waals surface area contributed by atoms with Gasteiger partial charge in [-0.3, -0.25) is 10.1 Å². The molecule has 110 valence electrons. The molecule has 21 heavy (non-hydrogen) atoms. The predicted molar refractivity (Wildman–Crippen MR) is 77.0 cm³/mol. The zero-order valence-electron chi connectivity index (χ0n) is 11.5. The summed E-state index contributed by atoms with van der Waals surface area (Å²) < 4.78 is 19.3. The van der Waals surface area contributed by atoms with Gasteiger partial charge in [0.1, 0.15) is 5.75 Å². The summed E-state index contributed by atoms with van der Waals surface area (Å²) in [6, 6.07) is 10.2. The maximum absolute atomic E-state index is 13.9. The smallest absolute Gasteiger partial charge is 0.269 e. The van der Waals surface area contributed by atoms with Crippen molar-refractivity contribution in [3.63, 3.8) is 0 Å². The molecule has 0 bridgehead atoms. The Morgan fingerprint density at radius 2 is 1.95 bits per heavy atom. The average Bonchev–Trinajstić information content (AvgIpc) is 2.48. The van der Waals surface area contributed by atoms with E-state index in [1.54, 1.807) is 12.1 Å². The van der Waals surface area contributed by atoms with E-state index in [-0.39, 0.29) is 11.4 Å². The summed E-state index contributed by atoms with van der Waals surface area (Å²) in [4.78, 5) is 10.0. The Balaban J connectivity index is 2.10. The Labute approximate surface area is 121 Å². The van der Waals surface area contributed by atoms with E-state index in [0.29, 0.717) is 12.3 Å². The van der Waals surface area contributed by atoms with Crippen LogP contribution in [0.25, 0.3) is 0 Å². The predicted octanol–water partition coefficient (Wildman–Crippen LogP) is 3.64. The van der Waals surface area contributed by atoms with Crippen LogP contribution in [0.4, 0.5) is 10.1 Å². The van der Waals surface area contributed by atoms with Crippen LogP contribution in [0, 0.1) is 15.9 Å². The lowest BCUT2D eigenvalue weighted by Gasteiger charge is -2.08. The second-order valence-corrected chi connectivity index (χ2v) is 4.40. The standard InChI is InChI=1S/C15H15FN2O3/c1-2-17-10-11-3-8-15(14(16)9-11)21-13-6-4-12(5-7-13)18(19)20/h3-9,17H,2,10H2,1H3. The number of halogens is 1. The van der Waals surface area contributed by atoms with Gasteiger partial charge in [-0.1, -0.05) is 13.0 Å². The summed E-state index contributed by atoms with van der Waals surface area (Å²) in [5.41, 5.74) is 0.786. The molecule has 0 heterocycles. The highest BCUT2D eigenvalue weighted by Gasteiger charge is 2.08. The lowest BCUT2D eigenvalue weighted by molar-refractivity contribution is -0.384. The number of hydrogen-bond donors (Lipinski definition) is 1. The van der Waals surface area contributed by atoms with Gasteiger partial charge in [-0.15, -0.1) is 0 Å². The SMILES string of the molecule is CCNCc1ccc(Oc2ccc([N+](=O)[O-])cc2)c(F)c1. The zero-order chi connectivity index (χ0) is 15.2. The highest BCUT2D eigenvalue weighted by atomic mass is 19.1. The van der Waals surface area contributed by atoms with Gasteiger partial charge in [-0.2, -0.15) is 0 Å². The molecule has 0 aliphatic carbocycles. The van der Waals surface area contributed by atoms with Gasteiger partial charge in [0, 0.05) is 18.7 Å². The Bertz CT molecular complexity index is 629. The molecule has 2 aromatic carbocycles. The molecule has 0 saturated heterocycles. The molecule has 5 nitrogen and oxygen atoms in total. The molecule has 2 aromatic rings. The van der Waals surface area contributed by atoms with Crippen LogP contribution in [0.3, 0.4) is 0 Å². The average molecular weight is 290 g/mol. The van der Waals surface area contributed by atoms with E-state index in [9.17, 15) is 14.5 Å². The summed E-state index contributed by atoms with van der Waals surface area (Å²) in [7, 11) is 0. The van der Waals surface area contributed by atoms with E-state index in [0.717, 1.165) is 12.1 Å². The van der Waals surface area contributed by atoms with Gasteiger partial charge in [-0.05, 0) is 36.4 Å². The number of benzene rings is 2. The fourth-order valence-corrected chi connectivity index (χ4v) is 1.77. The van der Waals surface area contributed by atoms with Crippen molar-refractivity contribution in [3.05, 3.63) is 64.0 Å². The Kier molecular flexibility index (Phi) is 4.84. The maximum Gasteiger partial charge on any atom is 0.269 e. The fourth-order valence-electron chi connectivity index (χ4n) is 1.77. The zero-order valence-corrected chi connectivity index (χ0v) is 11.5. The number of non-ortho nitro benzene ring substituents is 1. The molecule has 0 atom stereocenters. The van der Waals surface area contributed by atoms with Crippen molar-refractivity contribution in [1.29, 1.82) is 0 Å². The first-order chi connectivity index (χ1) is 10.1. The van der Waals surface area contributed by atoms with Gasteiger partial charge in [0.05, 0.1) is 4.92 Å². The third-order valence-corrected chi connectivity index (χ3v) is 2.85. The monoisotopic (exact) mass is 290 g/mol. The minimum absolute atomic E-state index is 0.0381. The molecule has 0 fully saturated rings. The van der Waals surface area contributed by atoms with E-state index in [4.69, 9.17) is 4.74 Å². The summed E-state index contributed by atoms with van der Waals surface area (Å²) in [6.07, 6.45) is 0. The number of nitro groups is 1. The molecule has 0 spiro atoms. The summed E-state index contributed by atoms with van der Waals surface area (Å²) in [5.74, 6) is -0.0354. The van der Waals surface area contributed by atoms with Crippen LogP contribution in [0.2, 0.25) is 0 Å². The number of hydrogen-bond acceptors (Lipinski definition) is 4. The fraction of sp³-hybridized carbons (Fsp3) is 0.200. The van der Waals surface area contributed by atoms with Crippen molar-refractivity contribution in [2.75, 3.05) is 6.54 Å². The molecule has 1 N–H and O–H groups in total. The van der Waals surface area contributed by atoms with E-state index >= 15 is 0 Å². The van der Waals surface area contributed by atoms with Gasteiger partial charge < -0.3 is 10.1 Å². The first-order valence-corrected chi connectivity index (χ1v) is 6.51. The second-order valence-electron chi connectivity index (χ2n) is 4.40. The molecule has 0 aromatic heterocycles. The topological polar surface area (TPSA) is 64.4 Å². The van der Waals surface area contributed by atoms with Crippen LogP contribution < -0.4 is 10.1 Å². The Morgan fingerprint density at radius 1 is 1.24 bits per heavy atom. The molecular weight excluding hydrogens is 275 g/mol. The molecule has 0 radical (unpaired) electrons. The first-order valence-electron chi connectivity index (χ1n) is 6.51. The van der Waals surface area contributed by atoms with Crippen LogP contribution in [-0.2, 0) is 6.54 Å². The van der Waals surface area contributed by atoms with Gasteiger partial charge >= 0.3 is 0 Å². The molecule has 6 heteroatoms. The van der Waals surface area contributed by atoms with Crippen molar-refractivity contribution >= 4 is 5.69 Å². The van der Waals surface area contributed by atoms with Crippen LogP contribution >= 0.6 is 0 Å². The van der Waals surface area contributed by atoms with Crippen molar-refractivity contribution in [3.8, 4) is 11.5 Å². The van der Waals surface area contributed by atoms with E-state index in [2.05, 4.69) is 5.32 Å². The molecule has 0 saturated carbocycles. The number of nitrogens with one attached hydrogen (secondary N) is 1. The quantitative estimate of drug-likeness (QED) is 0.651. The normalized spacial score (nSPS) is 10.4. The Hall–Kier alpha value is -2.47. The number of rotatable bonds is 6. The third kappa shape index (κ3) is 4.00. The van der Waals surface area contributed by atoms with Gasteiger partial charge in [0.15, 0.2) is 11.6 Å². The van der Waals surface area contributed by atoms with E-state index in [1.165, 1.54) is 30.3 Å². The molecule has 2 rings (SSSR count). The van der Waals surface area contributed by atoms with Crippen molar-refractivity contribution in [1.82, 2.24) is 5.32 Å². The van der Waals surface area contributed by atoms with E-state index in [1.807, 2.05) is 6.92 Å². The number of nitrogens with zero attached hydrogens (tertiary/aromatic N) is 1. The third-order valence-electron chi connectivity index (χ3n) is 2.85. The largest absolute Gasteiger partial charge is 0.454 e. The first kappa shape index (κ1) is 14.9. The van der Waals surface area contributed by atoms with E-state index < -0.39 is 10.7 Å². The molecular formula is C15H15FN2O3. The number of ether oxygens (including phenoxy) is 1. The lowest BCUT2D eigenvalue weighted by atomic mass is 10.2. The van der Waals surface area contributed by atoms with Crippen molar-refractivity contribution < 1.29 is 14.1 Å². The summed E-state index contributed by atoms with van der Waals surface area (Å²) in [6.45, 7) is 3.37. The molecule has 0 amide bonds. The van der Waals surface area contributed by atoms with Gasteiger partial charge in [-0.25, -0.2) is 4.39 Å². The lowest BCUT2D eigenvalue weighted by Crippen LogP contribution is -2.11. The van der Waals surface area contributed by atoms with Gasteiger partial charge in [0.25, 0.3) is 5.69 Å². The summed E-state index contributed by atoms with van der Waals surface area (Å²) in [5, 5.41) is 13.7. The number of nitro benzene ring substituents is 1. The highest BCUT2D eigenvalue weighted by molar-refractivity contribution is 5.39. The summed E-state index contributed by atoms with van der Waals surface area (Å²) >= 11 is 0. The van der Waals surface area contributed by atoms with Crippen LogP contribution in [0.5, 0.6) is 11.5 Å². The maximum atomic E-state index is 13.9. The molecule has 0 aliphatic rings. The molecule has 0 unspecified atom stereocenters. The minimum atomic E-state index is -0.500. The van der Waals surface area contributed by atoms with Crippen LogP contribution in [-0.4, -0.2) is 11.5 Å². The van der Waals surface area contributed by atoms with Crippen LogP contribution in [0.15, 0.2) is 42.5 Å². The van der Waals surface area contributed by atoms with Gasteiger partial charge in [0.2, 0.25) is 0 Å². The highest BCUT2D eigenvalue weighted by Crippen LogP contribution is 2.26. The second kappa shape index (κ2) is 6.81. The minimum Gasteiger partial charge on any atom is -0.454 e. The Morgan fingerprint density at radius 3 is 2.52 bits per heavy atom. The van der Waals surface area contributed by atoms with Crippen molar-refractivity contribution in [2.24, 2.45) is 0 Å². The van der Waals surface area contributed by atoms with Crippen molar-refractivity contribution in [2.45, 2.75) is 13.5 Å². The molecule has 0 aliphatic heterocycles. The van der Waals surface area contributed by atoms with Crippen LogP contribution in [0.1, 0.15) is 12.5 Å².